The van der Waals surface area contributed by atoms with Gasteiger partial charge in [0.2, 0.25) is 0 Å². The van der Waals surface area contributed by atoms with Crippen LogP contribution in [0.25, 0.3) is 0 Å². The van der Waals surface area contributed by atoms with Crippen LogP contribution in [-0.4, -0.2) is 20.7 Å². The van der Waals surface area contributed by atoms with E-state index in [2.05, 4.69) is 20.1 Å². The van der Waals surface area contributed by atoms with Crippen LogP contribution in [0.5, 0.6) is 0 Å². The van der Waals surface area contributed by atoms with Gasteiger partial charge in [-0.3, -0.25) is 4.89 Å². The molecule has 0 atom stereocenters. The minimum Gasteiger partial charge on any atom is -0.293 e. The van der Waals surface area contributed by atoms with Gasteiger partial charge in [-0.1, -0.05) is 49.0 Å². The summed E-state index contributed by atoms with van der Waals surface area (Å²) in [6.07, 6.45) is 1.87. The normalized spacial score (nSPS) is 11.0. The summed E-state index contributed by atoms with van der Waals surface area (Å²) in [5.74, 6) is -0.460. The Kier molecular flexibility index (Phi) is 7.12. The maximum absolute atomic E-state index is 11.8. The minimum atomic E-state index is -1.84. The van der Waals surface area contributed by atoms with Crippen molar-refractivity contribution in [2.45, 2.75) is 32.7 Å². The van der Waals surface area contributed by atoms with E-state index in [9.17, 15) is 4.79 Å². The molecule has 0 aromatic heterocycles. The lowest BCUT2D eigenvalue weighted by Crippen LogP contribution is -2.43. The number of hydrogen-bond acceptors (Lipinski definition) is 3. The highest BCUT2D eigenvalue weighted by molar-refractivity contribution is 6.99. The molecule has 114 valence electrons. The molecule has 0 aliphatic heterocycles. The van der Waals surface area contributed by atoms with Gasteiger partial charge in [-0.05, 0) is 24.6 Å². The van der Waals surface area contributed by atoms with Gasteiger partial charge in [0.1, 0.15) is 8.07 Å². The van der Waals surface area contributed by atoms with Crippen molar-refractivity contribution >= 4 is 19.2 Å². The summed E-state index contributed by atoms with van der Waals surface area (Å²) in [5, 5.41) is 1.19. The summed E-state index contributed by atoms with van der Waals surface area (Å²) in [4.78, 5) is 21.4. The molecule has 3 nitrogen and oxygen atoms in total. The molecule has 0 aliphatic rings. The Bertz CT molecular complexity index is 471. The zero-order valence-electron chi connectivity index (χ0n) is 12.9. The van der Waals surface area contributed by atoms with Crippen LogP contribution in [0.3, 0.4) is 0 Å². The van der Waals surface area contributed by atoms with Crippen LogP contribution in [0, 0.1) is 0 Å². The van der Waals surface area contributed by atoms with Gasteiger partial charge in [-0.15, -0.1) is 13.2 Å². The van der Waals surface area contributed by atoms with Gasteiger partial charge in [0.05, 0.1) is 12.2 Å². The molecule has 0 spiro atoms. The minimum absolute atomic E-state index is 0.430. The highest BCUT2D eigenvalue weighted by atomic mass is 28.3. The highest BCUT2D eigenvalue weighted by Gasteiger charge is 2.26. The van der Waals surface area contributed by atoms with Crippen molar-refractivity contribution in [2.75, 3.05) is 6.61 Å². The van der Waals surface area contributed by atoms with Crippen molar-refractivity contribution in [3.63, 3.8) is 0 Å². The molecule has 0 aliphatic carbocycles. The number of carbonyl (C=O) groups excluding carboxylic acids is 1. The van der Waals surface area contributed by atoms with Crippen LogP contribution in [0.2, 0.25) is 6.04 Å². The van der Waals surface area contributed by atoms with E-state index < -0.39 is 14.0 Å². The first-order valence-corrected chi connectivity index (χ1v) is 9.71. The molecule has 0 heterocycles. The van der Waals surface area contributed by atoms with E-state index >= 15 is 0 Å². The average Bonchev–Trinajstić information content (AvgIpc) is 2.54. The number of unbranched alkanes of at least 4 members (excludes halogenated alkanes) is 1. The summed E-state index contributed by atoms with van der Waals surface area (Å²) in [5.41, 5.74) is 4.52. The van der Waals surface area contributed by atoms with E-state index in [1.54, 1.807) is 12.1 Å². The fourth-order valence-electron chi connectivity index (χ4n) is 2.08. The third kappa shape index (κ3) is 4.41. The van der Waals surface area contributed by atoms with Gasteiger partial charge in [0.15, 0.2) is 0 Å². The Balaban J connectivity index is 2.75. The Morgan fingerprint density at radius 2 is 1.81 bits per heavy atom. The maximum Gasteiger partial charge on any atom is 0.373 e. The molecule has 4 heteroatoms. The van der Waals surface area contributed by atoms with Crippen molar-refractivity contribution in [3.05, 3.63) is 54.4 Å². The first-order chi connectivity index (χ1) is 10.1. The highest BCUT2D eigenvalue weighted by Crippen LogP contribution is 2.13. The first kappa shape index (κ1) is 17.4. The van der Waals surface area contributed by atoms with Crippen molar-refractivity contribution in [2.24, 2.45) is 0 Å². The van der Waals surface area contributed by atoms with Gasteiger partial charge in [0, 0.05) is 0 Å². The molecular formula is C17H24O3Si. The molecule has 0 amide bonds. The SMILES string of the molecule is C=C[Si](C=C)(CC)c1ccc(C(=O)OOCCCC)cc1. The molecule has 0 N–H and O–H groups in total. The van der Waals surface area contributed by atoms with Crippen LogP contribution in [0.1, 0.15) is 37.0 Å². The largest absolute Gasteiger partial charge is 0.373 e. The smallest absolute Gasteiger partial charge is 0.293 e. The number of carbonyl (C=O) groups is 1. The number of hydrogen-bond donors (Lipinski definition) is 0. The summed E-state index contributed by atoms with van der Waals surface area (Å²) in [6.45, 7) is 12.5. The molecule has 1 aromatic rings. The van der Waals surface area contributed by atoms with Crippen molar-refractivity contribution < 1.29 is 14.6 Å². The van der Waals surface area contributed by atoms with E-state index in [0.29, 0.717) is 12.2 Å². The quantitative estimate of drug-likeness (QED) is 0.302. The Morgan fingerprint density at radius 3 is 2.29 bits per heavy atom. The van der Waals surface area contributed by atoms with E-state index in [0.717, 1.165) is 18.9 Å². The van der Waals surface area contributed by atoms with Crippen LogP contribution in [-0.2, 0) is 9.78 Å². The second-order valence-corrected chi connectivity index (χ2v) is 9.11. The standard InChI is InChI=1S/C17H24O3Si/c1-5-9-14-19-20-17(18)15-10-12-16(13-11-15)21(6-2,7-3)8-4/h6-7,10-13H,2-3,5,8-9,14H2,1,4H3. The molecule has 1 aromatic carbocycles. The molecule has 1 rings (SSSR count). The number of rotatable bonds is 9. The lowest BCUT2D eigenvalue weighted by molar-refractivity contribution is -0.241. The van der Waals surface area contributed by atoms with Crippen molar-refractivity contribution in [1.82, 2.24) is 0 Å². The van der Waals surface area contributed by atoms with Crippen LogP contribution in [0.15, 0.2) is 48.8 Å². The molecule has 0 unspecified atom stereocenters. The van der Waals surface area contributed by atoms with Gasteiger partial charge in [-0.2, -0.15) is 4.89 Å². The summed E-state index contributed by atoms with van der Waals surface area (Å²) in [7, 11) is -1.84. The zero-order valence-corrected chi connectivity index (χ0v) is 13.9. The third-order valence-electron chi connectivity index (χ3n) is 3.69. The second-order valence-electron chi connectivity index (χ2n) is 4.93. The monoisotopic (exact) mass is 304 g/mol. The fraction of sp³-hybridized carbons (Fsp3) is 0.353. The van der Waals surface area contributed by atoms with Crippen molar-refractivity contribution in [1.29, 1.82) is 0 Å². The lowest BCUT2D eigenvalue weighted by atomic mass is 10.2. The van der Waals surface area contributed by atoms with Crippen LogP contribution >= 0.6 is 0 Å². The first-order valence-electron chi connectivity index (χ1n) is 7.35. The van der Waals surface area contributed by atoms with E-state index in [4.69, 9.17) is 9.78 Å². The lowest BCUT2D eigenvalue weighted by Gasteiger charge is -2.23. The van der Waals surface area contributed by atoms with Gasteiger partial charge < -0.3 is 0 Å². The second kappa shape index (κ2) is 8.59. The molecule has 0 radical (unpaired) electrons. The Labute approximate surface area is 128 Å². The summed E-state index contributed by atoms with van der Waals surface area (Å²) in [6, 6.07) is 8.46. The predicted molar refractivity (Wildman–Crippen MR) is 89.0 cm³/mol. The summed E-state index contributed by atoms with van der Waals surface area (Å²) < 4.78 is 0. The molecule has 0 bridgehead atoms. The van der Waals surface area contributed by atoms with E-state index in [1.165, 1.54) is 5.19 Å². The molecule has 0 fully saturated rings. The predicted octanol–water partition coefficient (Wildman–Crippen LogP) is 3.70. The fourth-order valence-corrected chi connectivity index (χ4v) is 4.49. The van der Waals surface area contributed by atoms with E-state index in [-0.39, 0.29) is 0 Å². The van der Waals surface area contributed by atoms with Gasteiger partial charge >= 0.3 is 5.97 Å². The summed E-state index contributed by atoms with van der Waals surface area (Å²) >= 11 is 0. The van der Waals surface area contributed by atoms with Crippen molar-refractivity contribution in [3.8, 4) is 0 Å². The van der Waals surface area contributed by atoms with Crippen LogP contribution in [0.4, 0.5) is 0 Å². The van der Waals surface area contributed by atoms with E-state index in [1.807, 2.05) is 30.5 Å². The Morgan fingerprint density at radius 1 is 1.19 bits per heavy atom. The topological polar surface area (TPSA) is 35.5 Å². The Hall–Kier alpha value is -1.65. The maximum atomic E-state index is 11.8. The molecule has 0 saturated carbocycles. The molecule has 0 saturated heterocycles. The van der Waals surface area contributed by atoms with Crippen LogP contribution < -0.4 is 5.19 Å². The third-order valence-corrected chi connectivity index (χ3v) is 7.72. The van der Waals surface area contributed by atoms with Gasteiger partial charge in [0.25, 0.3) is 0 Å². The van der Waals surface area contributed by atoms with Gasteiger partial charge in [-0.25, -0.2) is 4.79 Å². The number of benzene rings is 1. The molecular weight excluding hydrogens is 280 g/mol. The average molecular weight is 304 g/mol. The zero-order chi connectivity index (χ0) is 15.7. The molecule has 21 heavy (non-hydrogen) atoms.